The number of amides is 2. The molecule has 136 valence electrons. The first kappa shape index (κ1) is 18.0. The number of hydrogen-bond acceptors (Lipinski definition) is 3. The zero-order valence-corrected chi connectivity index (χ0v) is 15.2. The van der Waals surface area contributed by atoms with Gasteiger partial charge in [0.05, 0.1) is 12.5 Å². The number of anilines is 2. The van der Waals surface area contributed by atoms with Gasteiger partial charge < -0.3 is 15.0 Å². The Bertz CT molecular complexity index is 786. The summed E-state index contributed by atoms with van der Waals surface area (Å²) in [6.45, 7) is 4.98. The van der Waals surface area contributed by atoms with E-state index >= 15 is 0 Å². The van der Waals surface area contributed by atoms with Crippen LogP contribution < -0.4 is 15.0 Å². The molecular weight excluding hydrogens is 328 g/mol. The van der Waals surface area contributed by atoms with Crippen molar-refractivity contribution in [2.24, 2.45) is 5.92 Å². The second-order valence-corrected chi connectivity index (χ2v) is 6.33. The molecule has 1 fully saturated rings. The molecule has 26 heavy (non-hydrogen) atoms. The van der Waals surface area contributed by atoms with E-state index in [1.54, 1.807) is 4.90 Å². The van der Waals surface area contributed by atoms with Gasteiger partial charge in [0.1, 0.15) is 5.75 Å². The van der Waals surface area contributed by atoms with E-state index in [1.807, 2.05) is 55.5 Å². The van der Waals surface area contributed by atoms with Crippen LogP contribution in [0.25, 0.3) is 0 Å². The first-order valence-electron chi connectivity index (χ1n) is 9.04. The van der Waals surface area contributed by atoms with Crippen LogP contribution in [-0.4, -0.2) is 25.0 Å². The number of hydrogen-bond donors (Lipinski definition) is 1. The van der Waals surface area contributed by atoms with E-state index in [-0.39, 0.29) is 24.2 Å². The molecule has 0 spiro atoms. The Kier molecular flexibility index (Phi) is 5.56. The fourth-order valence-electron chi connectivity index (χ4n) is 3.21. The first-order valence-corrected chi connectivity index (χ1v) is 9.04. The van der Waals surface area contributed by atoms with Crippen LogP contribution in [0.1, 0.15) is 25.8 Å². The average molecular weight is 352 g/mol. The SMILES string of the molecule is CCOc1ccc(N2C[C@@H](C(=O)Nc3ccccc3CC)CC2=O)cc1. The summed E-state index contributed by atoms with van der Waals surface area (Å²) in [4.78, 5) is 26.7. The first-order chi connectivity index (χ1) is 12.6. The van der Waals surface area contributed by atoms with Gasteiger partial charge in [-0.05, 0) is 49.2 Å². The zero-order chi connectivity index (χ0) is 18.5. The highest BCUT2D eigenvalue weighted by molar-refractivity contribution is 6.03. The second-order valence-electron chi connectivity index (χ2n) is 6.33. The van der Waals surface area contributed by atoms with Crippen molar-refractivity contribution in [2.45, 2.75) is 26.7 Å². The molecule has 5 nitrogen and oxygen atoms in total. The topological polar surface area (TPSA) is 58.6 Å². The van der Waals surface area contributed by atoms with Crippen molar-refractivity contribution < 1.29 is 14.3 Å². The van der Waals surface area contributed by atoms with Gasteiger partial charge in [-0.3, -0.25) is 9.59 Å². The summed E-state index contributed by atoms with van der Waals surface area (Å²) in [7, 11) is 0. The molecule has 1 N–H and O–H groups in total. The van der Waals surface area contributed by atoms with E-state index < -0.39 is 0 Å². The number of aryl methyl sites for hydroxylation is 1. The Balaban J connectivity index is 1.68. The van der Waals surface area contributed by atoms with E-state index in [2.05, 4.69) is 12.2 Å². The van der Waals surface area contributed by atoms with Crippen molar-refractivity contribution in [1.82, 2.24) is 0 Å². The van der Waals surface area contributed by atoms with Crippen molar-refractivity contribution in [3.8, 4) is 5.75 Å². The lowest BCUT2D eigenvalue weighted by Gasteiger charge is -2.17. The summed E-state index contributed by atoms with van der Waals surface area (Å²) in [5.74, 6) is 0.290. The lowest BCUT2D eigenvalue weighted by molar-refractivity contribution is -0.122. The van der Waals surface area contributed by atoms with Gasteiger partial charge >= 0.3 is 0 Å². The Hall–Kier alpha value is -2.82. The van der Waals surface area contributed by atoms with Gasteiger partial charge in [-0.1, -0.05) is 25.1 Å². The third-order valence-electron chi connectivity index (χ3n) is 4.61. The van der Waals surface area contributed by atoms with Gasteiger partial charge in [-0.2, -0.15) is 0 Å². The fraction of sp³-hybridized carbons (Fsp3) is 0.333. The molecule has 2 aromatic carbocycles. The molecule has 0 bridgehead atoms. The van der Waals surface area contributed by atoms with Crippen molar-refractivity contribution in [3.05, 3.63) is 54.1 Å². The van der Waals surface area contributed by atoms with Gasteiger partial charge in [0, 0.05) is 24.3 Å². The van der Waals surface area contributed by atoms with E-state index in [9.17, 15) is 9.59 Å². The molecule has 0 aliphatic carbocycles. The number of nitrogens with zero attached hydrogens (tertiary/aromatic N) is 1. The van der Waals surface area contributed by atoms with E-state index in [1.165, 1.54) is 0 Å². The third-order valence-corrected chi connectivity index (χ3v) is 4.61. The maximum atomic E-state index is 12.6. The quantitative estimate of drug-likeness (QED) is 0.863. The van der Waals surface area contributed by atoms with Crippen LogP contribution in [0.5, 0.6) is 5.75 Å². The van der Waals surface area contributed by atoms with Crippen molar-refractivity contribution in [2.75, 3.05) is 23.4 Å². The van der Waals surface area contributed by atoms with E-state index in [0.29, 0.717) is 13.2 Å². The standard InChI is InChI=1S/C21H24N2O3/c1-3-15-7-5-6-8-19(15)22-21(25)16-13-20(24)23(14-16)17-9-11-18(12-10-17)26-4-2/h5-12,16H,3-4,13-14H2,1-2H3,(H,22,25)/t16-/m0/s1. The highest BCUT2D eigenvalue weighted by Gasteiger charge is 2.35. The van der Waals surface area contributed by atoms with Gasteiger partial charge in [0.15, 0.2) is 0 Å². The van der Waals surface area contributed by atoms with Crippen molar-refractivity contribution >= 4 is 23.2 Å². The predicted octanol–water partition coefficient (Wildman–Crippen LogP) is 3.64. The summed E-state index contributed by atoms with van der Waals surface area (Å²) in [5, 5.41) is 2.98. The number of ether oxygens (including phenoxy) is 1. The minimum atomic E-state index is -0.348. The third kappa shape index (κ3) is 3.87. The van der Waals surface area contributed by atoms with Crippen LogP contribution in [0, 0.1) is 5.92 Å². The minimum absolute atomic E-state index is 0.0295. The highest BCUT2D eigenvalue weighted by atomic mass is 16.5. The Morgan fingerprint density at radius 1 is 1.15 bits per heavy atom. The van der Waals surface area contributed by atoms with Gasteiger partial charge in [-0.15, -0.1) is 0 Å². The number of rotatable bonds is 6. The molecule has 2 amide bonds. The van der Waals surface area contributed by atoms with Crippen molar-refractivity contribution in [3.63, 3.8) is 0 Å². The molecule has 0 aromatic heterocycles. The van der Waals surface area contributed by atoms with Crippen LogP contribution in [0.3, 0.4) is 0 Å². The molecule has 0 radical (unpaired) electrons. The minimum Gasteiger partial charge on any atom is -0.494 e. The van der Waals surface area contributed by atoms with Crippen LogP contribution in [0.4, 0.5) is 11.4 Å². The van der Waals surface area contributed by atoms with E-state index in [0.717, 1.165) is 29.1 Å². The van der Waals surface area contributed by atoms with Crippen LogP contribution in [0.2, 0.25) is 0 Å². The average Bonchev–Trinajstić information content (AvgIpc) is 3.05. The summed E-state index contributed by atoms with van der Waals surface area (Å²) >= 11 is 0. The number of benzene rings is 2. The normalized spacial score (nSPS) is 16.6. The zero-order valence-electron chi connectivity index (χ0n) is 15.2. The fourth-order valence-corrected chi connectivity index (χ4v) is 3.21. The molecule has 1 saturated heterocycles. The summed E-state index contributed by atoms with van der Waals surface area (Å²) in [5.41, 5.74) is 2.71. The number of para-hydroxylation sites is 1. The second kappa shape index (κ2) is 8.04. The maximum absolute atomic E-state index is 12.6. The Morgan fingerprint density at radius 2 is 1.88 bits per heavy atom. The molecular formula is C21H24N2O3. The summed E-state index contributed by atoms with van der Waals surface area (Å²) < 4.78 is 5.43. The molecule has 0 saturated carbocycles. The van der Waals surface area contributed by atoms with Crippen LogP contribution in [-0.2, 0) is 16.0 Å². The van der Waals surface area contributed by atoms with Gasteiger partial charge in [0.2, 0.25) is 11.8 Å². The molecule has 2 aromatic rings. The number of carbonyl (C=O) groups is 2. The van der Waals surface area contributed by atoms with Crippen LogP contribution >= 0.6 is 0 Å². The van der Waals surface area contributed by atoms with Crippen molar-refractivity contribution in [1.29, 1.82) is 0 Å². The molecule has 0 unspecified atom stereocenters. The maximum Gasteiger partial charge on any atom is 0.229 e. The van der Waals surface area contributed by atoms with Gasteiger partial charge in [0.25, 0.3) is 0 Å². The summed E-state index contributed by atoms with van der Waals surface area (Å²) in [6, 6.07) is 15.2. The predicted molar refractivity (Wildman–Crippen MR) is 103 cm³/mol. The van der Waals surface area contributed by atoms with Gasteiger partial charge in [-0.25, -0.2) is 0 Å². The Morgan fingerprint density at radius 3 is 2.58 bits per heavy atom. The summed E-state index contributed by atoms with van der Waals surface area (Å²) in [6.07, 6.45) is 1.08. The monoisotopic (exact) mass is 352 g/mol. The number of carbonyl (C=O) groups excluding carboxylic acids is 2. The van der Waals surface area contributed by atoms with Crippen LogP contribution in [0.15, 0.2) is 48.5 Å². The molecule has 5 heteroatoms. The lowest BCUT2D eigenvalue weighted by atomic mass is 10.1. The highest BCUT2D eigenvalue weighted by Crippen LogP contribution is 2.28. The lowest BCUT2D eigenvalue weighted by Crippen LogP contribution is -2.28. The molecule has 1 aliphatic heterocycles. The molecule has 1 heterocycles. The van der Waals surface area contributed by atoms with E-state index in [4.69, 9.17) is 4.74 Å². The molecule has 1 atom stereocenters. The largest absolute Gasteiger partial charge is 0.494 e. The molecule has 1 aliphatic rings. The molecule has 3 rings (SSSR count). The number of nitrogens with one attached hydrogen (secondary N) is 1. The smallest absolute Gasteiger partial charge is 0.229 e. The Labute approximate surface area is 154 Å².